The molecule has 2 aromatic carbocycles. The molecule has 2 atom stereocenters. The normalized spacial score (nSPS) is 16.9. The lowest BCUT2D eigenvalue weighted by atomic mass is 10.1. The molecule has 4 rings (SSSR count). The smallest absolute Gasteiger partial charge is 0.324 e. The van der Waals surface area contributed by atoms with Gasteiger partial charge in [0, 0.05) is 18.8 Å². The highest BCUT2D eigenvalue weighted by Crippen LogP contribution is 2.37. The van der Waals surface area contributed by atoms with Gasteiger partial charge in [0.1, 0.15) is 10.9 Å². The molecule has 10 heteroatoms. The number of aromatic nitrogens is 1. The quantitative estimate of drug-likeness (QED) is 0.190. The SMILES string of the molecule is COC(=O)[C@@H]1CCCN1S(=O)(=O)c1ccc(C)nc1OCCC(C)CCO[Si](c1ccccc1)(c1ccccc1)C(C)(C)C. The van der Waals surface area contributed by atoms with Gasteiger partial charge in [0.2, 0.25) is 15.9 Å². The second kappa shape index (κ2) is 14.4. The van der Waals surface area contributed by atoms with Gasteiger partial charge in [-0.15, -0.1) is 0 Å². The number of hydrogen-bond donors (Lipinski definition) is 0. The third-order valence-corrected chi connectivity index (χ3v) is 15.4. The van der Waals surface area contributed by atoms with Crippen LogP contribution in [0.5, 0.6) is 5.88 Å². The van der Waals surface area contributed by atoms with Gasteiger partial charge in [0.25, 0.3) is 8.32 Å². The highest BCUT2D eigenvalue weighted by Gasteiger charge is 2.50. The fourth-order valence-corrected chi connectivity index (χ4v) is 12.3. The second-order valence-corrected chi connectivity index (χ2v) is 18.8. The molecule has 0 aliphatic carbocycles. The van der Waals surface area contributed by atoms with Crippen LogP contribution in [0.2, 0.25) is 5.04 Å². The summed E-state index contributed by atoms with van der Waals surface area (Å²) in [6, 6.07) is 23.5. The minimum Gasteiger partial charge on any atom is -0.477 e. The van der Waals surface area contributed by atoms with Crippen LogP contribution < -0.4 is 15.1 Å². The largest absolute Gasteiger partial charge is 0.477 e. The number of methoxy groups -OCH3 is 1. The van der Waals surface area contributed by atoms with E-state index in [2.05, 4.69) is 81.2 Å². The Morgan fingerprint density at radius 3 is 2.14 bits per heavy atom. The van der Waals surface area contributed by atoms with Gasteiger partial charge in [-0.2, -0.15) is 4.31 Å². The summed E-state index contributed by atoms with van der Waals surface area (Å²) >= 11 is 0. The highest BCUT2D eigenvalue weighted by atomic mass is 32.2. The average molecular weight is 639 g/mol. The van der Waals surface area contributed by atoms with E-state index in [1.165, 1.54) is 27.9 Å². The van der Waals surface area contributed by atoms with E-state index in [-0.39, 0.29) is 28.3 Å². The molecule has 8 nitrogen and oxygen atoms in total. The topological polar surface area (TPSA) is 95.0 Å². The first-order valence-corrected chi connectivity index (χ1v) is 18.7. The molecule has 1 aliphatic rings. The number of ether oxygens (including phenoxy) is 2. The summed E-state index contributed by atoms with van der Waals surface area (Å²) in [5.41, 5.74) is 0.650. The number of esters is 1. The molecule has 0 bridgehead atoms. The van der Waals surface area contributed by atoms with Crippen LogP contribution in [-0.2, 0) is 24.0 Å². The number of pyridine rings is 1. The van der Waals surface area contributed by atoms with Crippen molar-refractivity contribution in [2.24, 2.45) is 5.92 Å². The molecule has 0 amide bonds. The standard InChI is InChI=1S/C34H46N2O6SSi/c1-26(22-25-42-44(34(3,4)5,28-14-9-7-10-15-28)29-16-11-8-12-17-29)21-24-41-32-31(20-19-27(2)35-32)43(38,39)36-23-13-18-30(36)33(37)40-6/h7-12,14-17,19-20,26,30H,13,18,21-25H2,1-6H3/t26?,30-/m0/s1. The van der Waals surface area contributed by atoms with E-state index in [0.29, 0.717) is 38.2 Å². The Morgan fingerprint density at radius 1 is 0.977 bits per heavy atom. The van der Waals surface area contributed by atoms with Crippen LogP contribution in [0.3, 0.4) is 0 Å². The minimum atomic E-state index is -4.01. The molecule has 1 aliphatic heterocycles. The predicted molar refractivity (Wildman–Crippen MR) is 175 cm³/mol. The lowest BCUT2D eigenvalue weighted by molar-refractivity contribution is -0.144. The molecule has 1 saturated heterocycles. The molecule has 3 aromatic rings. The molecule has 2 heterocycles. The number of sulfonamides is 1. The van der Waals surface area contributed by atoms with Crippen molar-refractivity contribution in [2.75, 3.05) is 26.9 Å². The number of nitrogens with zero attached hydrogens (tertiary/aromatic N) is 2. The summed E-state index contributed by atoms with van der Waals surface area (Å²) in [6.07, 6.45) is 2.54. The molecule has 0 saturated carbocycles. The van der Waals surface area contributed by atoms with Gasteiger partial charge in [0.05, 0.1) is 13.7 Å². The van der Waals surface area contributed by atoms with E-state index >= 15 is 0 Å². The average Bonchev–Trinajstić information content (AvgIpc) is 3.50. The van der Waals surface area contributed by atoms with E-state index in [1.54, 1.807) is 13.0 Å². The van der Waals surface area contributed by atoms with Crippen LogP contribution in [0.25, 0.3) is 0 Å². The van der Waals surface area contributed by atoms with E-state index in [0.717, 1.165) is 6.42 Å². The van der Waals surface area contributed by atoms with Gasteiger partial charge < -0.3 is 13.9 Å². The Hall–Kier alpha value is -3.05. The van der Waals surface area contributed by atoms with Crippen molar-refractivity contribution in [1.82, 2.24) is 9.29 Å². The monoisotopic (exact) mass is 638 g/mol. The lowest BCUT2D eigenvalue weighted by Gasteiger charge is -2.43. The van der Waals surface area contributed by atoms with Crippen molar-refractivity contribution in [3.8, 4) is 5.88 Å². The number of aryl methyl sites for hydroxylation is 1. The van der Waals surface area contributed by atoms with E-state index in [9.17, 15) is 13.2 Å². The first kappa shape index (κ1) is 33.8. The molecule has 1 fully saturated rings. The maximum Gasteiger partial charge on any atom is 0.324 e. The van der Waals surface area contributed by atoms with Crippen molar-refractivity contribution < 1.29 is 27.1 Å². The molecule has 0 radical (unpaired) electrons. The Morgan fingerprint density at radius 2 is 1.57 bits per heavy atom. The van der Waals surface area contributed by atoms with Crippen LogP contribution in [0, 0.1) is 12.8 Å². The zero-order valence-electron chi connectivity index (χ0n) is 26.8. The van der Waals surface area contributed by atoms with Crippen molar-refractivity contribution in [2.45, 2.75) is 76.3 Å². The van der Waals surface area contributed by atoms with Crippen LogP contribution >= 0.6 is 0 Å². The number of rotatable bonds is 13. The van der Waals surface area contributed by atoms with Crippen LogP contribution in [0.4, 0.5) is 0 Å². The first-order valence-electron chi connectivity index (χ1n) is 15.4. The van der Waals surface area contributed by atoms with Gasteiger partial charge in [0.15, 0.2) is 0 Å². The first-order chi connectivity index (χ1) is 20.9. The number of benzene rings is 2. The molecule has 0 spiro atoms. The van der Waals surface area contributed by atoms with Gasteiger partial charge in [-0.05, 0) is 66.1 Å². The Kier molecular flexibility index (Phi) is 11.0. The van der Waals surface area contributed by atoms with Crippen molar-refractivity contribution in [3.63, 3.8) is 0 Å². The fraction of sp³-hybridized carbons (Fsp3) is 0.471. The van der Waals surface area contributed by atoms with Crippen molar-refractivity contribution in [3.05, 3.63) is 78.5 Å². The van der Waals surface area contributed by atoms with Gasteiger partial charge in [-0.3, -0.25) is 4.79 Å². The zero-order valence-corrected chi connectivity index (χ0v) is 28.6. The lowest BCUT2D eigenvalue weighted by Crippen LogP contribution is -2.66. The minimum absolute atomic E-state index is 0.0263. The maximum atomic E-state index is 13.6. The van der Waals surface area contributed by atoms with E-state index in [1.807, 2.05) is 12.1 Å². The molecule has 238 valence electrons. The summed E-state index contributed by atoms with van der Waals surface area (Å²) in [4.78, 5) is 16.7. The maximum absolute atomic E-state index is 13.6. The Balaban J connectivity index is 1.44. The molecule has 44 heavy (non-hydrogen) atoms. The molecule has 0 N–H and O–H groups in total. The Bertz CT molecular complexity index is 1460. The van der Waals surface area contributed by atoms with Crippen molar-refractivity contribution >= 4 is 34.7 Å². The number of hydrogen-bond acceptors (Lipinski definition) is 7. The summed E-state index contributed by atoms with van der Waals surface area (Å²) in [5.74, 6) is -0.223. The zero-order chi connectivity index (χ0) is 32.0. The van der Waals surface area contributed by atoms with Crippen LogP contribution in [0.1, 0.15) is 59.1 Å². The van der Waals surface area contributed by atoms with Gasteiger partial charge >= 0.3 is 5.97 Å². The number of carbonyl (C=O) groups excluding carboxylic acids is 1. The fourth-order valence-electron chi connectivity index (χ4n) is 6.02. The summed E-state index contributed by atoms with van der Waals surface area (Å²) in [5, 5.41) is 2.41. The Labute approximate surface area is 263 Å². The molecular weight excluding hydrogens is 593 g/mol. The third-order valence-electron chi connectivity index (χ3n) is 8.42. The highest BCUT2D eigenvalue weighted by molar-refractivity contribution is 7.89. The summed E-state index contributed by atoms with van der Waals surface area (Å²) < 4.78 is 46.4. The molecular formula is C34H46N2O6SSi. The van der Waals surface area contributed by atoms with E-state index < -0.39 is 30.4 Å². The molecule has 1 aromatic heterocycles. The summed E-state index contributed by atoms with van der Waals surface area (Å²) in [7, 11) is -5.35. The predicted octanol–water partition coefficient (Wildman–Crippen LogP) is 5.09. The second-order valence-electron chi connectivity index (χ2n) is 12.6. The van der Waals surface area contributed by atoms with Crippen LogP contribution in [-0.4, -0.2) is 64.9 Å². The summed E-state index contributed by atoms with van der Waals surface area (Å²) in [6.45, 7) is 11.9. The van der Waals surface area contributed by atoms with Crippen molar-refractivity contribution in [1.29, 1.82) is 0 Å². The van der Waals surface area contributed by atoms with Gasteiger partial charge in [-0.1, -0.05) is 88.4 Å². The van der Waals surface area contributed by atoms with Crippen LogP contribution in [0.15, 0.2) is 77.7 Å². The van der Waals surface area contributed by atoms with Gasteiger partial charge in [-0.25, -0.2) is 13.4 Å². The number of carbonyl (C=O) groups is 1. The third kappa shape index (κ3) is 7.25. The van der Waals surface area contributed by atoms with E-state index in [4.69, 9.17) is 13.9 Å². The molecule has 1 unspecified atom stereocenters.